The van der Waals surface area contributed by atoms with Gasteiger partial charge in [-0.05, 0) is 81.6 Å². The van der Waals surface area contributed by atoms with E-state index in [-0.39, 0.29) is 29.7 Å². The predicted octanol–water partition coefficient (Wildman–Crippen LogP) is 5.92. The Balaban J connectivity index is 1.38. The predicted molar refractivity (Wildman–Crippen MR) is 144 cm³/mol. The topological polar surface area (TPSA) is 119 Å². The summed E-state index contributed by atoms with van der Waals surface area (Å²) in [4.78, 5) is 49.1. The van der Waals surface area contributed by atoms with Crippen molar-refractivity contribution in [2.75, 3.05) is 11.9 Å². The molecule has 0 atom stereocenters. The van der Waals surface area contributed by atoms with Crippen LogP contribution in [0.15, 0.2) is 76.1 Å². The third-order valence-electron chi connectivity index (χ3n) is 5.28. The molecule has 37 heavy (non-hydrogen) atoms. The number of rotatable bonds is 8. The first-order valence-corrected chi connectivity index (χ1v) is 12.6. The number of nitro benzene ring substituents is 1. The lowest BCUT2D eigenvalue weighted by molar-refractivity contribution is -0.384. The smallest absolute Gasteiger partial charge is 0.293 e. The van der Waals surface area contributed by atoms with Gasteiger partial charge in [0.05, 0.1) is 20.8 Å². The number of hydrogen-bond donors (Lipinski definition) is 1. The van der Waals surface area contributed by atoms with Crippen LogP contribution in [0, 0.1) is 17.0 Å². The number of carbonyl (C=O) groups excluding carboxylic acids is 3. The number of nitro groups is 1. The van der Waals surface area contributed by atoms with Crippen LogP contribution in [0.5, 0.6) is 5.75 Å². The largest absolute Gasteiger partial charge is 0.483 e. The zero-order valence-corrected chi connectivity index (χ0v) is 21.9. The summed E-state index contributed by atoms with van der Waals surface area (Å²) in [5.74, 6) is -0.302. The van der Waals surface area contributed by atoms with Crippen molar-refractivity contribution in [3.63, 3.8) is 0 Å². The van der Waals surface area contributed by atoms with Crippen LogP contribution in [0.4, 0.5) is 16.2 Å². The van der Waals surface area contributed by atoms with Crippen molar-refractivity contribution in [2.45, 2.75) is 13.5 Å². The van der Waals surface area contributed by atoms with Gasteiger partial charge >= 0.3 is 0 Å². The summed E-state index contributed by atoms with van der Waals surface area (Å²) in [7, 11) is 0. The molecule has 3 aromatic carbocycles. The Hall–Kier alpha value is -3.96. The molecule has 1 fully saturated rings. The summed E-state index contributed by atoms with van der Waals surface area (Å²) in [5, 5.41) is 13.2. The zero-order valence-electron chi connectivity index (χ0n) is 19.5. The van der Waals surface area contributed by atoms with E-state index < -0.39 is 16.1 Å². The van der Waals surface area contributed by atoms with Crippen molar-refractivity contribution in [3.8, 4) is 5.75 Å². The minimum Gasteiger partial charge on any atom is -0.483 e. The average Bonchev–Trinajstić information content (AvgIpc) is 3.11. The molecule has 11 heteroatoms. The molecule has 0 aromatic heterocycles. The fourth-order valence-corrected chi connectivity index (χ4v) is 4.83. The molecule has 1 aliphatic heterocycles. The Kier molecular flexibility index (Phi) is 8.04. The van der Waals surface area contributed by atoms with Crippen LogP contribution < -0.4 is 10.1 Å². The van der Waals surface area contributed by atoms with Gasteiger partial charge in [-0.1, -0.05) is 30.3 Å². The highest BCUT2D eigenvalue weighted by atomic mass is 79.9. The van der Waals surface area contributed by atoms with E-state index in [2.05, 4.69) is 21.2 Å². The highest BCUT2D eigenvalue weighted by Gasteiger charge is 2.35. The third-order valence-corrected chi connectivity index (χ3v) is 6.80. The molecule has 0 bridgehead atoms. The van der Waals surface area contributed by atoms with Crippen molar-refractivity contribution < 1.29 is 24.0 Å². The maximum Gasteiger partial charge on any atom is 0.293 e. The van der Waals surface area contributed by atoms with E-state index in [4.69, 9.17) is 4.74 Å². The minimum absolute atomic E-state index is 0.0150. The van der Waals surface area contributed by atoms with Crippen molar-refractivity contribution in [1.82, 2.24) is 4.90 Å². The van der Waals surface area contributed by atoms with Gasteiger partial charge in [0.1, 0.15) is 5.75 Å². The molecule has 0 saturated carbocycles. The Morgan fingerprint density at radius 3 is 2.57 bits per heavy atom. The maximum absolute atomic E-state index is 12.8. The van der Waals surface area contributed by atoms with Gasteiger partial charge in [-0.25, -0.2) is 0 Å². The number of aryl methyl sites for hydroxylation is 1. The molecule has 1 N–H and O–H groups in total. The summed E-state index contributed by atoms with van der Waals surface area (Å²) in [5.41, 5.74) is 2.91. The number of amides is 3. The Labute approximate surface area is 224 Å². The van der Waals surface area contributed by atoms with Crippen LogP contribution in [-0.2, 0) is 16.1 Å². The van der Waals surface area contributed by atoms with Crippen LogP contribution in [-0.4, -0.2) is 33.5 Å². The SMILES string of the molecule is Cc1cccc(NC(=O)COc2ccc(/C=C3\SC(=O)N(Cc4ccc([N+](=O)[O-])cc4)C3=O)cc2Br)c1. The van der Waals surface area contributed by atoms with Crippen molar-refractivity contribution >= 4 is 62.2 Å². The lowest BCUT2D eigenvalue weighted by atomic mass is 10.2. The molecule has 0 spiro atoms. The molecular weight excluding hydrogens is 562 g/mol. The number of nitrogens with zero attached hydrogens (tertiary/aromatic N) is 2. The first-order valence-electron chi connectivity index (χ1n) is 11.0. The second kappa shape index (κ2) is 11.4. The van der Waals surface area contributed by atoms with E-state index in [9.17, 15) is 24.5 Å². The van der Waals surface area contributed by atoms with Gasteiger partial charge < -0.3 is 10.1 Å². The maximum atomic E-state index is 12.8. The Bertz CT molecular complexity index is 1420. The van der Waals surface area contributed by atoms with Gasteiger partial charge in [-0.15, -0.1) is 0 Å². The summed E-state index contributed by atoms with van der Waals surface area (Å²) < 4.78 is 6.19. The number of thioether (sulfide) groups is 1. The van der Waals surface area contributed by atoms with Crippen molar-refractivity contribution in [1.29, 1.82) is 0 Å². The molecule has 9 nitrogen and oxygen atoms in total. The summed E-state index contributed by atoms with van der Waals surface area (Å²) >= 11 is 4.24. The highest BCUT2D eigenvalue weighted by Crippen LogP contribution is 2.35. The fraction of sp³-hybridized carbons (Fsp3) is 0.115. The number of carbonyl (C=O) groups is 3. The van der Waals surface area contributed by atoms with E-state index in [1.807, 2.05) is 25.1 Å². The number of anilines is 1. The normalized spacial score (nSPS) is 14.2. The molecule has 0 aliphatic carbocycles. The first-order chi connectivity index (χ1) is 17.7. The second-order valence-corrected chi connectivity index (χ2v) is 9.94. The standard InChI is InChI=1S/C26H20BrN3O6S/c1-16-3-2-4-19(11-16)28-24(31)15-36-22-10-7-18(12-21(22)27)13-23-25(32)29(26(33)37-23)14-17-5-8-20(9-6-17)30(34)35/h2-13H,14-15H2,1H3,(H,28,31)/b23-13-. The summed E-state index contributed by atoms with van der Waals surface area (Å²) in [6, 6.07) is 18.2. The average molecular weight is 582 g/mol. The number of nitrogens with one attached hydrogen (secondary N) is 1. The second-order valence-electron chi connectivity index (χ2n) is 8.09. The van der Waals surface area contributed by atoms with Crippen LogP contribution in [0.1, 0.15) is 16.7 Å². The van der Waals surface area contributed by atoms with Gasteiger partial charge in [0.25, 0.3) is 22.7 Å². The molecule has 0 unspecified atom stereocenters. The van der Waals surface area contributed by atoms with Gasteiger partial charge in [-0.3, -0.25) is 29.4 Å². The lowest BCUT2D eigenvalue weighted by Crippen LogP contribution is -2.27. The van der Waals surface area contributed by atoms with Crippen LogP contribution in [0.25, 0.3) is 6.08 Å². The van der Waals surface area contributed by atoms with Crippen molar-refractivity contribution in [3.05, 3.63) is 103 Å². The molecule has 0 radical (unpaired) electrons. The molecule has 4 rings (SSSR count). The van der Waals surface area contributed by atoms with E-state index in [0.29, 0.717) is 27.0 Å². The van der Waals surface area contributed by atoms with Gasteiger partial charge in [0.2, 0.25) is 0 Å². The minimum atomic E-state index is -0.513. The third kappa shape index (κ3) is 6.63. The summed E-state index contributed by atoms with van der Waals surface area (Å²) in [6.45, 7) is 1.76. The van der Waals surface area contributed by atoms with E-state index >= 15 is 0 Å². The molecular formula is C26H20BrN3O6S. The molecule has 3 amide bonds. The number of imide groups is 1. The Morgan fingerprint density at radius 1 is 1.14 bits per heavy atom. The lowest BCUT2D eigenvalue weighted by Gasteiger charge is -2.12. The molecule has 1 saturated heterocycles. The summed E-state index contributed by atoms with van der Waals surface area (Å²) in [6.07, 6.45) is 1.60. The Morgan fingerprint density at radius 2 is 1.89 bits per heavy atom. The van der Waals surface area contributed by atoms with Gasteiger partial charge in [0.15, 0.2) is 6.61 Å². The molecule has 188 valence electrons. The quantitative estimate of drug-likeness (QED) is 0.199. The number of ether oxygens (including phenoxy) is 1. The monoisotopic (exact) mass is 581 g/mol. The molecule has 1 heterocycles. The molecule has 3 aromatic rings. The van der Waals surface area contributed by atoms with E-state index in [1.165, 1.54) is 24.3 Å². The fourth-order valence-electron chi connectivity index (χ4n) is 3.48. The number of hydrogen-bond acceptors (Lipinski definition) is 7. The zero-order chi connectivity index (χ0) is 26.5. The van der Waals surface area contributed by atoms with E-state index in [1.54, 1.807) is 30.3 Å². The van der Waals surface area contributed by atoms with Crippen LogP contribution in [0.2, 0.25) is 0 Å². The highest BCUT2D eigenvalue weighted by molar-refractivity contribution is 9.10. The van der Waals surface area contributed by atoms with Crippen LogP contribution in [0.3, 0.4) is 0 Å². The molecule has 1 aliphatic rings. The van der Waals surface area contributed by atoms with E-state index in [0.717, 1.165) is 22.2 Å². The number of halogens is 1. The van der Waals surface area contributed by atoms with Gasteiger partial charge in [-0.2, -0.15) is 0 Å². The number of benzene rings is 3. The first kappa shape index (κ1) is 26.1. The van der Waals surface area contributed by atoms with Crippen LogP contribution >= 0.6 is 27.7 Å². The number of non-ortho nitro benzene ring substituents is 1. The van der Waals surface area contributed by atoms with Crippen molar-refractivity contribution in [2.24, 2.45) is 0 Å². The van der Waals surface area contributed by atoms with Gasteiger partial charge in [0, 0.05) is 17.8 Å².